The molecule has 1 aliphatic rings. The topological polar surface area (TPSA) is 66.8 Å². The van der Waals surface area contributed by atoms with Gasteiger partial charge >= 0.3 is 12.1 Å². The molecule has 1 atom stereocenters. The first-order valence-corrected chi connectivity index (χ1v) is 6.86. The van der Waals surface area contributed by atoms with Crippen LogP contribution in [0.15, 0.2) is 30.3 Å². The van der Waals surface area contributed by atoms with Crippen LogP contribution >= 0.6 is 0 Å². The van der Waals surface area contributed by atoms with Gasteiger partial charge < -0.3 is 9.84 Å². The van der Waals surface area contributed by atoms with Crippen molar-refractivity contribution in [3.8, 4) is 0 Å². The van der Waals surface area contributed by atoms with E-state index in [0.717, 1.165) is 4.90 Å². The SMILES string of the molecule is CC(C)(C)OC(=O)N1CC(c2ccc(F)cc2)=C[C@@H]1C(=O)O. The number of carboxylic acids is 1. The summed E-state index contributed by atoms with van der Waals surface area (Å²) in [6.07, 6.45) is 0.799. The average molecular weight is 307 g/mol. The molecule has 2 rings (SSSR count). The van der Waals surface area contributed by atoms with E-state index in [0.29, 0.717) is 11.1 Å². The van der Waals surface area contributed by atoms with Crippen molar-refractivity contribution >= 4 is 17.6 Å². The van der Waals surface area contributed by atoms with Crippen LogP contribution in [0.5, 0.6) is 0 Å². The van der Waals surface area contributed by atoms with Gasteiger partial charge in [0.05, 0.1) is 6.54 Å². The van der Waals surface area contributed by atoms with E-state index >= 15 is 0 Å². The van der Waals surface area contributed by atoms with E-state index in [4.69, 9.17) is 4.74 Å². The van der Waals surface area contributed by atoms with E-state index in [1.807, 2.05) is 0 Å². The van der Waals surface area contributed by atoms with Crippen LogP contribution in [0.4, 0.5) is 9.18 Å². The summed E-state index contributed by atoms with van der Waals surface area (Å²) in [6.45, 7) is 5.25. The summed E-state index contributed by atoms with van der Waals surface area (Å²) in [5, 5.41) is 9.29. The van der Waals surface area contributed by atoms with Gasteiger partial charge in [-0.2, -0.15) is 0 Å². The first-order chi connectivity index (χ1) is 10.2. The summed E-state index contributed by atoms with van der Waals surface area (Å²) in [5.41, 5.74) is 0.621. The van der Waals surface area contributed by atoms with Gasteiger partial charge in [0.1, 0.15) is 11.4 Å². The molecular weight excluding hydrogens is 289 g/mol. The van der Waals surface area contributed by atoms with Gasteiger partial charge in [-0.15, -0.1) is 0 Å². The summed E-state index contributed by atoms with van der Waals surface area (Å²) < 4.78 is 18.2. The summed E-state index contributed by atoms with van der Waals surface area (Å²) in [6, 6.07) is 4.61. The summed E-state index contributed by atoms with van der Waals surface area (Å²) >= 11 is 0. The molecule has 1 aromatic rings. The molecule has 0 saturated heterocycles. The lowest BCUT2D eigenvalue weighted by Crippen LogP contribution is -2.43. The number of halogens is 1. The Morgan fingerprint density at radius 1 is 1.27 bits per heavy atom. The molecule has 5 nitrogen and oxygen atoms in total. The van der Waals surface area contributed by atoms with Gasteiger partial charge in [-0.05, 0) is 50.1 Å². The van der Waals surface area contributed by atoms with Gasteiger partial charge in [0.25, 0.3) is 0 Å². The fourth-order valence-electron chi connectivity index (χ4n) is 2.17. The van der Waals surface area contributed by atoms with Crippen LogP contribution in [-0.2, 0) is 9.53 Å². The van der Waals surface area contributed by atoms with E-state index in [1.165, 1.54) is 18.2 Å². The molecule has 0 spiro atoms. The Balaban J connectivity index is 2.23. The minimum Gasteiger partial charge on any atom is -0.479 e. The molecule has 1 heterocycles. The first-order valence-electron chi connectivity index (χ1n) is 6.86. The van der Waals surface area contributed by atoms with Crippen LogP contribution in [0.25, 0.3) is 5.57 Å². The van der Waals surface area contributed by atoms with Crippen molar-refractivity contribution in [1.82, 2.24) is 4.90 Å². The fraction of sp³-hybridized carbons (Fsp3) is 0.375. The number of carboxylic acid groups (broad SMARTS) is 1. The molecule has 6 heteroatoms. The van der Waals surface area contributed by atoms with E-state index in [2.05, 4.69) is 0 Å². The molecule has 0 unspecified atom stereocenters. The number of carbonyl (C=O) groups is 2. The molecule has 1 amide bonds. The van der Waals surface area contributed by atoms with E-state index in [1.54, 1.807) is 32.9 Å². The Morgan fingerprint density at radius 3 is 2.36 bits per heavy atom. The van der Waals surface area contributed by atoms with Gasteiger partial charge in [0.15, 0.2) is 6.04 Å². The van der Waals surface area contributed by atoms with Crippen LogP contribution in [0.1, 0.15) is 26.3 Å². The van der Waals surface area contributed by atoms with Crippen molar-refractivity contribution in [2.45, 2.75) is 32.4 Å². The molecule has 0 aliphatic carbocycles. The van der Waals surface area contributed by atoms with Crippen molar-refractivity contribution in [3.63, 3.8) is 0 Å². The van der Waals surface area contributed by atoms with Crippen molar-refractivity contribution in [1.29, 1.82) is 0 Å². The van der Waals surface area contributed by atoms with Crippen LogP contribution in [-0.4, -0.2) is 40.3 Å². The van der Waals surface area contributed by atoms with Gasteiger partial charge in [-0.1, -0.05) is 12.1 Å². The zero-order chi connectivity index (χ0) is 16.5. The number of benzene rings is 1. The second kappa shape index (κ2) is 5.79. The predicted octanol–water partition coefficient (Wildman–Crippen LogP) is 2.91. The molecule has 1 N–H and O–H groups in total. The van der Waals surface area contributed by atoms with Crippen molar-refractivity contribution in [3.05, 3.63) is 41.7 Å². The number of carbonyl (C=O) groups excluding carboxylic acids is 1. The molecule has 1 aliphatic heterocycles. The minimum atomic E-state index is -1.14. The zero-order valence-electron chi connectivity index (χ0n) is 12.7. The Hall–Kier alpha value is -2.37. The predicted molar refractivity (Wildman–Crippen MR) is 78.7 cm³/mol. The smallest absolute Gasteiger partial charge is 0.411 e. The highest BCUT2D eigenvalue weighted by atomic mass is 19.1. The maximum Gasteiger partial charge on any atom is 0.411 e. The number of aliphatic carboxylic acids is 1. The van der Waals surface area contributed by atoms with Gasteiger partial charge in [0.2, 0.25) is 0 Å². The second-order valence-corrected chi connectivity index (χ2v) is 6.09. The molecule has 0 saturated carbocycles. The second-order valence-electron chi connectivity index (χ2n) is 6.09. The lowest BCUT2D eigenvalue weighted by atomic mass is 10.1. The fourth-order valence-corrected chi connectivity index (χ4v) is 2.17. The summed E-state index contributed by atoms with van der Waals surface area (Å²) in [7, 11) is 0. The van der Waals surface area contributed by atoms with Crippen molar-refractivity contribution in [2.75, 3.05) is 6.54 Å². The summed E-state index contributed by atoms with van der Waals surface area (Å²) in [4.78, 5) is 24.7. The number of hydrogen-bond acceptors (Lipinski definition) is 3. The lowest BCUT2D eigenvalue weighted by Gasteiger charge is -2.27. The third kappa shape index (κ3) is 3.63. The average Bonchev–Trinajstić information content (AvgIpc) is 2.83. The number of ether oxygens (including phenoxy) is 1. The first kappa shape index (κ1) is 16.0. The minimum absolute atomic E-state index is 0.109. The van der Waals surface area contributed by atoms with Gasteiger partial charge in [0, 0.05) is 0 Å². The normalized spacial score (nSPS) is 18.1. The van der Waals surface area contributed by atoms with E-state index < -0.39 is 23.7 Å². The molecule has 118 valence electrons. The third-order valence-corrected chi connectivity index (χ3v) is 3.13. The number of amides is 1. The molecule has 0 radical (unpaired) electrons. The highest BCUT2D eigenvalue weighted by Gasteiger charge is 2.36. The monoisotopic (exact) mass is 307 g/mol. The van der Waals surface area contributed by atoms with Gasteiger partial charge in [-0.3, -0.25) is 4.90 Å². The maximum absolute atomic E-state index is 13.0. The lowest BCUT2D eigenvalue weighted by molar-refractivity contribution is -0.140. The highest BCUT2D eigenvalue weighted by molar-refractivity contribution is 5.89. The highest BCUT2D eigenvalue weighted by Crippen LogP contribution is 2.27. The Labute approximate surface area is 128 Å². The van der Waals surface area contributed by atoms with Crippen LogP contribution in [0, 0.1) is 5.82 Å². The Kier molecular flexibility index (Phi) is 4.21. The van der Waals surface area contributed by atoms with Crippen molar-refractivity contribution < 1.29 is 23.8 Å². The molecule has 0 fully saturated rings. The van der Waals surface area contributed by atoms with Crippen LogP contribution in [0.2, 0.25) is 0 Å². The number of nitrogens with zero attached hydrogens (tertiary/aromatic N) is 1. The molecule has 1 aromatic carbocycles. The number of hydrogen-bond donors (Lipinski definition) is 1. The largest absolute Gasteiger partial charge is 0.479 e. The quantitative estimate of drug-likeness (QED) is 0.912. The Bertz CT molecular complexity index is 616. The summed E-state index contributed by atoms with van der Waals surface area (Å²) in [5.74, 6) is -1.51. The Morgan fingerprint density at radius 2 is 1.86 bits per heavy atom. The van der Waals surface area contributed by atoms with Gasteiger partial charge in [-0.25, -0.2) is 14.0 Å². The molecule has 0 bridgehead atoms. The van der Waals surface area contributed by atoms with Crippen LogP contribution < -0.4 is 0 Å². The molecule has 0 aromatic heterocycles. The molecule has 22 heavy (non-hydrogen) atoms. The zero-order valence-corrected chi connectivity index (χ0v) is 12.7. The molecular formula is C16H18FNO4. The van der Waals surface area contributed by atoms with Crippen molar-refractivity contribution in [2.24, 2.45) is 0 Å². The van der Waals surface area contributed by atoms with Crippen LogP contribution in [0.3, 0.4) is 0 Å². The van der Waals surface area contributed by atoms with E-state index in [-0.39, 0.29) is 12.4 Å². The maximum atomic E-state index is 13.0. The standard InChI is InChI=1S/C16H18FNO4/c1-16(2,3)22-15(21)18-9-11(8-13(18)14(19)20)10-4-6-12(17)7-5-10/h4-8,13H,9H2,1-3H3,(H,19,20)/t13-/m1/s1. The number of rotatable bonds is 2. The van der Waals surface area contributed by atoms with E-state index in [9.17, 15) is 19.1 Å². The third-order valence-electron chi connectivity index (χ3n) is 3.13.